The van der Waals surface area contributed by atoms with Crippen LogP contribution in [0.2, 0.25) is 0 Å². The second-order valence-electron chi connectivity index (χ2n) is 5.45. The highest BCUT2D eigenvalue weighted by Gasteiger charge is 2.07. The summed E-state index contributed by atoms with van der Waals surface area (Å²) in [6.45, 7) is -2.39. The number of rotatable bonds is 7. The molecule has 0 aromatic heterocycles. The summed E-state index contributed by atoms with van der Waals surface area (Å²) >= 11 is 0. The van der Waals surface area contributed by atoms with Gasteiger partial charge in [0.05, 0.1) is 0 Å². The van der Waals surface area contributed by atoms with Crippen LogP contribution in [-0.4, -0.2) is 12.8 Å². The first-order chi connectivity index (χ1) is 12.7. The minimum atomic E-state index is -2.88. The summed E-state index contributed by atoms with van der Waals surface area (Å²) in [6.07, 6.45) is 1.59. The van der Waals surface area contributed by atoms with Gasteiger partial charge in [0.1, 0.15) is 18.0 Å². The molecule has 3 aromatic rings. The summed E-state index contributed by atoms with van der Waals surface area (Å²) in [7, 11) is 0. The second kappa shape index (κ2) is 8.76. The molecular formula is C21H17F2NO2. The number of hydrogen-bond donors (Lipinski definition) is 0. The fraction of sp³-hybridized carbons (Fsp3) is 0.0952. The van der Waals surface area contributed by atoms with Gasteiger partial charge in [-0.05, 0) is 47.5 Å². The van der Waals surface area contributed by atoms with Crippen molar-refractivity contribution >= 4 is 11.9 Å². The molecule has 3 rings (SSSR count). The van der Waals surface area contributed by atoms with Crippen molar-refractivity contribution in [3.8, 4) is 11.5 Å². The lowest BCUT2D eigenvalue weighted by atomic mass is 10.2. The molecule has 0 bridgehead atoms. The first-order valence-corrected chi connectivity index (χ1v) is 8.05. The SMILES string of the molecule is FC(F)Oc1ccccc1N=Cc1ccc(OCc2ccccc2)cc1. The van der Waals surface area contributed by atoms with Crippen LogP contribution in [0.5, 0.6) is 11.5 Å². The summed E-state index contributed by atoms with van der Waals surface area (Å²) in [6, 6.07) is 23.7. The fourth-order valence-electron chi connectivity index (χ4n) is 2.29. The third-order valence-electron chi connectivity index (χ3n) is 3.56. The Morgan fingerprint density at radius 3 is 2.27 bits per heavy atom. The molecule has 0 radical (unpaired) electrons. The monoisotopic (exact) mass is 353 g/mol. The van der Waals surface area contributed by atoms with Crippen LogP contribution in [0.4, 0.5) is 14.5 Å². The molecule has 0 saturated carbocycles. The standard InChI is InChI=1S/C21H17F2NO2/c22-21(23)26-20-9-5-4-8-19(20)24-14-16-10-12-18(13-11-16)25-15-17-6-2-1-3-7-17/h1-14,21H,15H2. The number of benzene rings is 3. The molecule has 0 amide bonds. The van der Waals surface area contributed by atoms with E-state index in [1.807, 2.05) is 54.6 Å². The molecule has 0 spiro atoms. The highest BCUT2D eigenvalue weighted by molar-refractivity contribution is 5.82. The van der Waals surface area contributed by atoms with E-state index in [1.165, 1.54) is 6.07 Å². The normalized spacial score (nSPS) is 11.0. The molecule has 0 saturated heterocycles. The van der Waals surface area contributed by atoms with Gasteiger partial charge in [0.15, 0.2) is 5.75 Å². The summed E-state index contributed by atoms with van der Waals surface area (Å²) in [5.41, 5.74) is 2.26. The Labute approximate surface area is 150 Å². The van der Waals surface area contributed by atoms with Gasteiger partial charge < -0.3 is 9.47 Å². The molecule has 3 aromatic carbocycles. The van der Waals surface area contributed by atoms with Crippen molar-refractivity contribution in [2.24, 2.45) is 4.99 Å². The zero-order valence-electron chi connectivity index (χ0n) is 13.9. The van der Waals surface area contributed by atoms with Gasteiger partial charge in [-0.3, -0.25) is 4.99 Å². The lowest BCUT2D eigenvalue weighted by Crippen LogP contribution is -2.01. The lowest BCUT2D eigenvalue weighted by molar-refractivity contribution is -0.0494. The van der Waals surface area contributed by atoms with Gasteiger partial charge in [-0.15, -0.1) is 0 Å². The third-order valence-corrected chi connectivity index (χ3v) is 3.56. The minimum Gasteiger partial charge on any atom is -0.489 e. The predicted molar refractivity (Wildman–Crippen MR) is 97.5 cm³/mol. The Morgan fingerprint density at radius 1 is 0.846 bits per heavy atom. The maximum Gasteiger partial charge on any atom is 0.387 e. The maximum absolute atomic E-state index is 12.4. The average Bonchev–Trinajstić information content (AvgIpc) is 2.67. The van der Waals surface area contributed by atoms with Crippen molar-refractivity contribution < 1.29 is 18.3 Å². The van der Waals surface area contributed by atoms with Crippen molar-refractivity contribution in [3.63, 3.8) is 0 Å². The number of halogens is 2. The van der Waals surface area contributed by atoms with Gasteiger partial charge in [-0.1, -0.05) is 42.5 Å². The molecule has 0 aliphatic rings. The first-order valence-electron chi connectivity index (χ1n) is 8.05. The highest BCUT2D eigenvalue weighted by Crippen LogP contribution is 2.28. The number of hydrogen-bond acceptors (Lipinski definition) is 3. The van der Waals surface area contributed by atoms with Crippen LogP contribution in [-0.2, 0) is 6.61 Å². The van der Waals surface area contributed by atoms with Crippen LogP contribution in [0.25, 0.3) is 0 Å². The van der Waals surface area contributed by atoms with E-state index in [-0.39, 0.29) is 5.75 Å². The fourth-order valence-corrected chi connectivity index (χ4v) is 2.29. The molecule has 0 N–H and O–H groups in total. The van der Waals surface area contributed by atoms with Crippen LogP contribution < -0.4 is 9.47 Å². The van der Waals surface area contributed by atoms with Crippen molar-refractivity contribution in [2.45, 2.75) is 13.2 Å². The van der Waals surface area contributed by atoms with E-state index in [1.54, 1.807) is 24.4 Å². The molecule has 3 nitrogen and oxygen atoms in total. The van der Waals surface area contributed by atoms with E-state index in [0.29, 0.717) is 12.3 Å². The number of para-hydroxylation sites is 2. The van der Waals surface area contributed by atoms with E-state index in [0.717, 1.165) is 16.9 Å². The Morgan fingerprint density at radius 2 is 1.54 bits per heavy atom. The van der Waals surface area contributed by atoms with Crippen molar-refractivity contribution in [3.05, 3.63) is 90.0 Å². The zero-order chi connectivity index (χ0) is 18.2. The van der Waals surface area contributed by atoms with Crippen LogP contribution in [0.15, 0.2) is 83.9 Å². The van der Waals surface area contributed by atoms with Crippen LogP contribution in [0, 0.1) is 0 Å². The Balaban J connectivity index is 1.63. The molecule has 0 aliphatic carbocycles. The smallest absolute Gasteiger partial charge is 0.387 e. The minimum absolute atomic E-state index is 0.0431. The molecular weight excluding hydrogens is 336 g/mol. The Hall–Kier alpha value is -3.21. The number of ether oxygens (including phenoxy) is 2. The molecule has 26 heavy (non-hydrogen) atoms. The van der Waals surface area contributed by atoms with Crippen molar-refractivity contribution in [1.82, 2.24) is 0 Å². The summed E-state index contributed by atoms with van der Waals surface area (Å²) in [5.74, 6) is 0.786. The first kappa shape index (κ1) is 17.6. The number of nitrogens with zero attached hydrogens (tertiary/aromatic N) is 1. The lowest BCUT2D eigenvalue weighted by Gasteiger charge is -2.07. The van der Waals surface area contributed by atoms with E-state index in [9.17, 15) is 8.78 Å². The zero-order valence-corrected chi connectivity index (χ0v) is 13.9. The summed E-state index contributed by atoms with van der Waals surface area (Å²) < 4.78 is 35.0. The molecule has 0 heterocycles. The van der Waals surface area contributed by atoms with Gasteiger partial charge in [-0.25, -0.2) is 0 Å². The van der Waals surface area contributed by atoms with Crippen molar-refractivity contribution in [1.29, 1.82) is 0 Å². The van der Waals surface area contributed by atoms with E-state index >= 15 is 0 Å². The molecule has 0 unspecified atom stereocenters. The second-order valence-corrected chi connectivity index (χ2v) is 5.45. The largest absolute Gasteiger partial charge is 0.489 e. The van der Waals surface area contributed by atoms with Crippen LogP contribution in [0.3, 0.4) is 0 Å². The van der Waals surface area contributed by atoms with Crippen LogP contribution >= 0.6 is 0 Å². The predicted octanol–water partition coefficient (Wildman–Crippen LogP) is 5.62. The maximum atomic E-state index is 12.4. The van der Waals surface area contributed by atoms with E-state index in [2.05, 4.69) is 9.73 Å². The van der Waals surface area contributed by atoms with Gasteiger partial charge in [0, 0.05) is 6.21 Å². The molecule has 0 fully saturated rings. The van der Waals surface area contributed by atoms with Crippen LogP contribution in [0.1, 0.15) is 11.1 Å². The average molecular weight is 353 g/mol. The van der Waals surface area contributed by atoms with Gasteiger partial charge in [-0.2, -0.15) is 8.78 Å². The molecule has 5 heteroatoms. The van der Waals surface area contributed by atoms with E-state index < -0.39 is 6.61 Å². The van der Waals surface area contributed by atoms with Crippen molar-refractivity contribution in [2.75, 3.05) is 0 Å². The summed E-state index contributed by atoms with van der Waals surface area (Å²) in [4.78, 5) is 4.23. The quantitative estimate of drug-likeness (QED) is 0.516. The number of alkyl halides is 2. The van der Waals surface area contributed by atoms with Gasteiger partial charge in [0.25, 0.3) is 0 Å². The Bertz CT molecular complexity index is 849. The molecule has 0 atom stereocenters. The van der Waals surface area contributed by atoms with E-state index in [4.69, 9.17) is 4.74 Å². The Kier molecular flexibility index (Phi) is 5.93. The summed E-state index contributed by atoms with van der Waals surface area (Å²) in [5, 5.41) is 0. The molecule has 0 aliphatic heterocycles. The van der Waals surface area contributed by atoms with Gasteiger partial charge >= 0.3 is 6.61 Å². The third kappa shape index (κ3) is 5.14. The molecule has 132 valence electrons. The number of aliphatic imine (C=N–C) groups is 1. The topological polar surface area (TPSA) is 30.8 Å². The van der Waals surface area contributed by atoms with Gasteiger partial charge in [0.2, 0.25) is 0 Å². The highest BCUT2D eigenvalue weighted by atomic mass is 19.3.